The molecule has 4 rings (SSSR count). The molecule has 1 heterocycles. The molecule has 0 spiro atoms. The summed E-state index contributed by atoms with van der Waals surface area (Å²) in [6, 6.07) is 13.8. The monoisotopic (exact) mass is 537 g/mol. The molecule has 1 aliphatic heterocycles. The third-order valence-corrected chi connectivity index (χ3v) is 5.96. The van der Waals surface area contributed by atoms with Gasteiger partial charge in [0.2, 0.25) is 0 Å². The number of benzene rings is 3. The van der Waals surface area contributed by atoms with Crippen LogP contribution in [0.25, 0.3) is 11.6 Å². The van der Waals surface area contributed by atoms with E-state index in [0.29, 0.717) is 32.1 Å². The molecule has 33 heavy (non-hydrogen) atoms. The van der Waals surface area contributed by atoms with Crippen LogP contribution in [0.15, 0.2) is 59.1 Å². The molecule has 170 valence electrons. The maximum atomic E-state index is 13.0. The number of amides is 1. The lowest BCUT2D eigenvalue weighted by atomic mass is 10.0. The zero-order valence-corrected chi connectivity index (χ0v) is 19.4. The van der Waals surface area contributed by atoms with Crippen molar-refractivity contribution in [1.29, 1.82) is 0 Å². The predicted molar refractivity (Wildman–Crippen MR) is 124 cm³/mol. The van der Waals surface area contributed by atoms with Crippen LogP contribution in [0.4, 0.5) is 18.9 Å². The van der Waals surface area contributed by atoms with Crippen molar-refractivity contribution in [3.05, 3.63) is 86.3 Å². The van der Waals surface area contributed by atoms with E-state index in [-0.39, 0.29) is 17.9 Å². The van der Waals surface area contributed by atoms with Crippen molar-refractivity contribution in [3.8, 4) is 11.5 Å². The van der Waals surface area contributed by atoms with E-state index in [1.165, 1.54) is 13.2 Å². The minimum absolute atomic E-state index is 0.118. The Hall–Kier alpha value is -2.97. The summed E-state index contributed by atoms with van der Waals surface area (Å²) in [6.45, 7) is 0.289. The van der Waals surface area contributed by atoms with Crippen molar-refractivity contribution in [2.45, 2.75) is 12.8 Å². The van der Waals surface area contributed by atoms with Gasteiger partial charge in [0, 0.05) is 26.3 Å². The maximum Gasteiger partial charge on any atom is 0.416 e. The van der Waals surface area contributed by atoms with Gasteiger partial charge in [-0.1, -0.05) is 45.7 Å². The summed E-state index contributed by atoms with van der Waals surface area (Å²) in [7, 11) is 1.49. The number of nitrogens with one attached hydrogen (secondary N) is 1. The fourth-order valence-corrected chi connectivity index (χ4v) is 3.91. The molecule has 0 aliphatic carbocycles. The van der Waals surface area contributed by atoms with E-state index in [1.54, 1.807) is 30.3 Å². The minimum atomic E-state index is -4.50. The van der Waals surface area contributed by atoms with Gasteiger partial charge in [0.1, 0.15) is 6.61 Å². The summed E-state index contributed by atoms with van der Waals surface area (Å²) in [6.07, 6.45) is -2.91. The van der Waals surface area contributed by atoms with Crippen LogP contribution < -0.4 is 14.8 Å². The molecule has 1 aliphatic rings. The third kappa shape index (κ3) is 5.02. The first-order chi connectivity index (χ1) is 15.7. The summed E-state index contributed by atoms with van der Waals surface area (Å²) in [4.78, 5) is 12.5. The summed E-state index contributed by atoms with van der Waals surface area (Å²) in [5.74, 6) is 0.427. The highest BCUT2D eigenvalue weighted by molar-refractivity contribution is 9.10. The fraction of sp³-hybridized carbons (Fsp3) is 0.125. The molecule has 0 atom stereocenters. The SMILES string of the molecule is COc1cc(/C=C2\C(=O)Nc3cc(C(F)(F)F)ccc32)c(Br)cc1OCc1ccc(Cl)cc1. The Kier molecular flexibility index (Phi) is 6.41. The van der Waals surface area contributed by atoms with E-state index >= 15 is 0 Å². The smallest absolute Gasteiger partial charge is 0.416 e. The first-order valence-corrected chi connectivity index (χ1v) is 10.8. The molecule has 1 N–H and O–H groups in total. The van der Waals surface area contributed by atoms with E-state index in [0.717, 1.165) is 17.7 Å². The van der Waals surface area contributed by atoms with Crippen molar-refractivity contribution in [3.63, 3.8) is 0 Å². The number of ether oxygens (including phenoxy) is 2. The van der Waals surface area contributed by atoms with Crippen molar-refractivity contribution < 1.29 is 27.4 Å². The molecule has 0 saturated heterocycles. The summed E-state index contributed by atoms with van der Waals surface area (Å²) >= 11 is 9.38. The third-order valence-electron chi connectivity index (χ3n) is 5.02. The molecular weight excluding hydrogens is 523 g/mol. The first-order valence-electron chi connectivity index (χ1n) is 9.65. The van der Waals surface area contributed by atoms with Crippen molar-refractivity contribution >= 4 is 50.8 Å². The van der Waals surface area contributed by atoms with Crippen LogP contribution in [0, 0.1) is 0 Å². The van der Waals surface area contributed by atoms with Crippen LogP contribution in [-0.2, 0) is 17.6 Å². The highest BCUT2D eigenvalue weighted by Crippen LogP contribution is 2.40. The molecule has 0 aromatic heterocycles. The van der Waals surface area contributed by atoms with Gasteiger partial charge < -0.3 is 14.8 Å². The molecule has 3 aromatic rings. The first kappa shape index (κ1) is 23.2. The Morgan fingerprint density at radius 1 is 1.06 bits per heavy atom. The van der Waals surface area contributed by atoms with Crippen molar-refractivity contribution in [2.24, 2.45) is 0 Å². The van der Waals surface area contributed by atoms with Gasteiger partial charge in [0.25, 0.3) is 5.91 Å². The molecule has 0 saturated carbocycles. The van der Waals surface area contributed by atoms with E-state index in [2.05, 4.69) is 21.2 Å². The Labute approximate surface area is 201 Å². The van der Waals surface area contributed by atoms with Gasteiger partial charge in [0.15, 0.2) is 11.5 Å². The summed E-state index contributed by atoms with van der Waals surface area (Å²) < 4.78 is 50.9. The molecule has 1 amide bonds. The lowest BCUT2D eigenvalue weighted by Crippen LogP contribution is -2.06. The molecule has 0 radical (unpaired) electrons. The largest absolute Gasteiger partial charge is 0.493 e. The molecule has 3 aromatic carbocycles. The second-order valence-corrected chi connectivity index (χ2v) is 8.50. The van der Waals surface area contributed by atoms with E-state index < -0.39 is 17.6 Å². The van der Waals surface area contributed by atoms with E-state index in [9.17, 15) is 18.0 Å². The van der Waals surface area contributed by atoms with Crippen LogP contribution in [-0.4, -0.2) is 13.0 Å². The molecule has 9 heteroatoms. The molecule has 0 bridgehead atoms. The van der Waals surface area contributed by atoms with Crippen LogP contribution in [0.2, 0.25) is 5.02 Å². The number of rotatable bonds is 5. The molecule has 0 unspecified atom stereocenters. The highest BCUT2D eigenvalue weighted by Gasteiger charge is 2.33. The lowest BCUT2D eigenvalue weighted by molar-refractivity contribution is -0.137. The number of carbonyl (C=O) groups is 1. The summed E-state index contributed by atoms with van der Waals surface area (Å²) in [5.41, 5.74) is 1.45. The van der Waals surface area contributed by atoms with Crippen LogP contribution in [0.3, 0.4) is 0 Å². The zero-order valence-electron chi connectivity index (χ0n) is 17.1. The van der Waals surface area contributed by atoms with Gasteiger partial charge in [-0.25, -0.2) is 0 Å². The highest BCUT2D eigenvalue weighted by atomic mass is 79.9. The number of methoxy groups -OCH3 is 1. The van der Waals surface area contributed by atoms with Gasteiger partial charge >= 0.3 is 6.18 Å². The van der Waals surface area contributed by atoms with Crippen LogP contribution in [0.5, 0.6) is 11.5 Å². The van der Waals surface area contributed by atoms with Gasteiger partial charge in [-0.05, 0) is 53.6 Å². The fourth-order valence-electron chi connectivity index (χ4n) is 3.35. The predicted octanol–water partition coefficient (Wildman–Crippen LogP) is 7.20. The molecular formula is C24H16BrClF3NO3. The number of hydrogen-bond acceptors (Lipinski definition) is 3. The average Bonchev–Trinajstić information content (AvgIpc) is 3.08. The standard InChI is InChI=1S/C24H16BrClF3NO3/c1-32-21-9-14(19(25)11-22(21)33-12-13-2-5-16(26)6-3-13)8-18-17-7-4-15(24(27,28)29)10-20(17)30-23(18)31/h2-11H,12H2,1H3,(H,30,31)/b18-8-. The van der Waals surface area contributed by atoms with Crippen LogP contribution in [0.1, 0.15) is 22.3 Å². The Morgan fingerprint density at radius 2 is 1.79 bits per heavy atom. The van der Waals surface area contributed by atoms with E-state index in [4.69, 9.17) is 21.1 Å². The quantitative estimate of drug-likeness (QED) is 0.350. The van der Waals surface area contributed by atoms with Crippen molar-refractivity contribution in [1.82, 2.24) is 0 Å². The number of carbonyl (C=O) groups excluding carboxylic acids is 1. The number of hydrogen-bond donors (Lipinski definition) is 1. The minimum Gasteiger partial charge on any atom is -0.493 e. The maximum absolute atomic E-state index is 13.0. The summed E-state index contributed by atoms with van der Waals surface area (Å²) in [5, 5.41) is 3.12. The number of fused-ring (bicyclic) bond motifs is 1. The van der Waals surface area contributed by atoms with Crippen LogP contribution >= 0.6 is 27.5 Å². The molecule has 0 fully saturated rings. The Balaban J connectivity index is 1.63. The zero-order chi connectivity index (χ0) is 23.8. The second-order valence-electron chi connectivity index (χ2n) is 7.21. The molecule has 4 nitrogen and oxygen atoms in total. The number of anilines is 1. The van der Waals surface area contributed by atoms with Gasteiger partial charge in [-0.3, -0.25) is 4.79 Å². The van der Waals surface area contributed by atoms with Crippen molar-refractivity contribution in [2.75, 3.05) is 12.4 Å². The lowest BCUT2D eigenvalue weighted by Gasteiger charge is -2.13. The normalized spacial score (nSPS) is 14.2. The second kappa shape index (κ2) is 9.11. The van der Waals surface area contributed by atoms with Gasteiger partial charge in [-0.2, -0.15) is 13.2 Å². The number of alkyl halides is 3. The number of halogens is 5. The topological polar surface area (TPSA) is 47.6 Å². The Morgan fingerprint density at radius 3 is 2.45 bits per heavy atom. The van der Waals surface area contributed by atoms with Gasteiger partial charge in [0.05, 0.1) is 12.7 Å². The van der Waals surface area contributed by atoms with Gasteiger partial charge in [-0.15, -0.1) is 0 Å². The Bertz CT molecular complexity index is 1260. The average molecular weight is 539 g/mol. The van der Waals surface area contributed by atoms with E-state index in [1.807, 2.05) is 12.1 Å².